The van der Waals surface area contributed by atoms with Gasteiger partial charge in [-0.25, -0.2) is 8.78 Å². The summed E-state index contributed by atoms with van der Waals surface area (Å²) in [6, 6.07) is 9.95. The van der Waals surface area contributed by atoms with E-state index in [9.17, 15) is 8.78 Å². The van der Waals surface area contributed by atoms with E-state index in [-0.39, 0.29) is 11.6 Å². The lowest BCUT2D eigenvalue weighted by atomic mass is 10.0. The van der Waals surface area contributed by atoms with Gasteiger partial charge in [-0.15, -0.1) is 0 Å². The summed E-state index contributed by atoms with van der Waals surface area (Å²) in [5.41, 5.74) is 2.85. The van der Waals surface area contributed by atoms with Crippen LogP contribution in [0.3, 0.4) is 0 Å². The second-order valence-corrected chi connectivity index (χ2v) is 5.50. The highest BCUT2D eigenvalue weighted by Crippen LogP contribution is 2.28. The second-order valence-electron chi connectivity index (χ2n) is 5.11. The van der Waals surface area contributed by atoms with E-state index in [2.05, 4.69) is 4.98 Å². The number of H-pyrrole nitrogens is 1. The summed E-state index contributed by atoms with van der Waals surface area (Å²) in [7, 11) is 0. The second kappa shape index (κ2) is 5.07. The Balaban J connectivity index is 2.28. The third kappa shape index (κ3) is 2.27. The zero-order valence-electron chi connectivity index (χ0n) is 11.7. The van der Waals surface area contributed by atoms with Crippen molar-refractivity contribution in [2.75, 3.05) is 0 Å². The zero-order valence-corrected chi connectivity index (χ0v) is 12.5. The number of fused-ring (bicyclic) bond motifs is 1. The molecule has 0 amide bonds. The van der Waals surface area contributed by atoms with Crippen LogP contribution in [-0.2, 0) is 0 Å². The fourth-order valence-corrected chi connectivity index (χ4v) is 3.09. The lowest BCUT2D eigenvalue weighted by molar-refractivity contribution is 0.588. The first-order valence-corrected chi connectivity index (χ1v) is 7.04. The maximum absolute atomic E-state index is 13.9. The first kappa shape index (κ1) is 13.9. The van der Waals surface area contributed by atoms with Crippen LogP contribution >= 0.6 is 12.2 Å². The maximum atomic E-state index is 13.9. The van der Waals surface area contributed by atoms with Gasteiger partial charge in [0.15, 0.2) is 10.6 Å². The topological polar surface area (TPSA) is 20.7 Å². The number of aryl methyl sites for hydroxylation is 1. The van der Waals surface area contributed by atoms with E-state index in [0.717, 1.165) is 17.2 Å². The van der Waals surface area contributed by atoms with E-state index in [4.69, 9.17) is 12.2 Å². The number of hydrogen-bond acceptors (Lipinski definition) is 1. The molecule has 2 aromatic carbocycles. The standard InChI is InChI=1S/C16H14F2N2S/c1-9-5-3-4-6-12(9)10(2)20-14-8-11(17)7-13(18)15(14)19-16(20)21/h3-8,10H,1-2H3,(H,19,21). The molecule has 0 aliphatic heterocycles. The molecule has 3 rings (SSSR count). The monoisotopic (exact) mass is 304 g/mol. The summed E-state index contributed by atoms with van der Waals surface area (Å²) < 4.78 is 29.5. The van der Waals surface area contributed by atoms with E-state index in [1.165, 1.54) is 6.07 Å². The van der Waals surface area contributed by atoms with Crippen molar-refractivity contribution in [1.29, 1.82) is 0 Å². The fraction of sp³-hybridized carbons (Fsp3) is 0.188. The lowest BCUT2D eigenvalue weighted by Gasteiger charge is -2.17. The first-order chi connectivity index (χ1) is 9.99. The van der Waals surface area contributed by atoms with Crippen molar-refractivity contribution >= 4 is 23.3 Å². The zero-order chi connectivity index (χ0) is 15.1. The van der Waals surface area contributed by atoms with Crippen LogP contribution in [0.4, 0.5) is 8.78 Å². The van der Waals surface area contributed by atoms with Gasteiger partial charge in [0.2, 0.25) is 0 Å². The summed E-state index contributed by atoms with van der Waals surface area (Å²) in [4.78, 5) is 2.83. The molecule has 0 fully saturated rings. The Morgan fingerprint density at radius 1 is 1.19 bits per heavy atom. The van der Waals surface area contributed by atoms with Gasteiger partial charge in [-0.05, 0) is 43.3 Å². The normalized spacial score (nSPS) is 12.8. The number of aromatic nitrogens is 2. The quantitative estimate of drug-likeness (QED) is 0.668. The highest BCUT2D eigenvalue weighted by Gasteiger charge is 2.17. The van der Waals surface area contributed by atoms with E-state index in [1.54, 1.807) is 4.57 Å². The predicted molar refractivity (Wildman–Crippen MR) is 82.0 cm³/mol. The Morgan fingerprint density at radius 3 is 2.62 bits per heavy atom. The van der Waals surface area contributed by atoms with Crippen molar-refractivity contribution in [3.8, 4) is 0 Å². The number of imidazole rings is 1. The van der Waals surface area contributed by atoms with Crippen molar-refractivity contribution in [1.82, 2.24) is 9.55 Å². The van der Waals surface area contributed by atoms with Crippen LogP contribution in [0.25, 0.3) is 11.0 Å². The smallest absolute Gasteiger partial charge is 0.178 e. The molecule has 0 bridgehead atoms. The molecular formula is C16H14F2N2S. The van der Waals surface area contributed by atoms with E-state index < -0.39 is 11.6 Å². The number of nitrogens with one attached hydrogen (secondary N) is 1. The average molecular weight is 304 g/mol. The van der Waals surface area contributed by atoms with Crippen LogP contribution in [0.15, 0.2) is 36.4 Å². The summed E-state index contributed by atoms with van der Waals surface area (Å²) >= 11 is 5.29. The molecule has 0 saturated carbocycles. The summed E-state index contributed by atoms with van der Waals surface area (Å²) in [6.07, 6.45) is 0. The first-order valence-electron chi connectivity index (χ1n) is 6.64. The molecule has 0 radical (unpaired) electrons. The lowest BCUT2D eigenvalue weighted by Crippen LogP contribution is -2.08. The fourth-order valence-electron chi connectivity index (χ4n) is 2.73. The molecule has 1 heterocycles. The van der Waals surface area contributed by atoms with Crippen LogP contribution in [0.2, 0.25) is 0 Å². The van der Waals surface area contributed by atoms with Gasteiger partial charge >= 0.3 is 0 Å². The van der Waals surface area contributed by atoms with Crippen LogP contribution < -0.4 is 0 Å². The molecule has 1 N–H and O–H groups in total. The minimum Gasteiger partial charge on any atom is -0.328 e. The molecule has 0 aliphatic carbocycles. The van der Waals surface area contributed by atoms with Gasteiger partial charge in [-0.3, -0.25) is 0 Å². The van der Waals surface area contributed by atoms with Crippen LogP contribution in [0.5, 0.6) is 0 Å². The summed E-state index contributed by atoms with van der Waals surface area (Å²) in [5, 5.41) is 0. The summed E-state index contributed by atoms with van der Waals surface area (Å²) in [5.74, 6) is -1.24. The number of nitrogens with zero attached hydrogens (tertiary/aromatic N) is 1. The Kier molecular flexibility index (Phi) is 3.37. The van der Waals surface area contributed by atoms with E-state index in [1.807, 2.05) is 38.1 Å². The average Bonchev–Trinajstić information content (AvgIpc) is 2.75. The third-order valence-electron chi connectivity index (χ3n) is 3.77. The number of rotatable bonds is 2. The number of halogens is 2. The minimum atomic E-state index is -0.633. The molecule has 108 valence electrons. The highest BCUT2D eigenvalue weighted by molar-refractivity contribution is 7.71. The molecule has 1 unspecified atom stereocenters. The number of benzene rings is 2. The van der Waals surface area contributed by atoms with Crippen LogP contribution in [0, 0.1) is 23.3 Å². The van der Waals surface area contributed by atoms with Gasteiger partial charge in [0.05, 0.1) is 11.6 Å². The predicted octanol–water partition coefficient (Wildman–Crippen LogP) is 4.89. The number of hydrogen-bond donors (Lipinski definition) is 1. The van der Waals surface area contributed by atoms with Crippen LogP contribution in [-0.4, -0.2) is 9.55 Å². The third-order valence-corrected chi connectivity index (χ3v) is 4.07. The molecule has 2 nitrogen and oxygen atoms in total. The van der Waals surface area contributed by atoms with E-state index in [0.29, 0.717) is 10.3 Å². The molecule has 21 heavy (non-hydrogen) atoms. The van der Waals surface area contributed by atoms with Gasteiger partial charge < -0.3 is 9.55 Å². The van der Waals surface area contributed by atoms with E-state index >= 15 is 0 Å². The molecule has 0 spiro atoms. The van der Waals surface area contributed by atoms with Gasteiger partial charge in [-0.2, -0.15) is 0 Å². The Hall–Kier alpha value is -2.01. The molecule has 0 aliphatic rings. The van der Waals surface area contributed by atoms with Gasteiger partial charge in [0.25, 0.3) is 0 Å². The van der Waals surface area contributed by atoms with Crippen molar-refractivity contribution in [2.24, 2.45) is 0 Å². The maximum Gasteiger partial charge on any atom is 0.178 e. The van der Waals surface area contributed by atoms with Crippen molar-refractivity contribution in [3.63, 3.8) is 0 Å². The summed E-state index contributed by atoms with van der Waals surface area (Å²) in [6.45, 7) is 3.97. The van der Waals surface area contributed by atoms with Crippen LogP contribution in [0.1, 0.15) is 24.1 Å². The highest BCUT2D eigenvalue weighted by atomic mass is 32.1. The molecule has 3 aromatic rings. The Bertz CT molecular complexity index is 880. The molecule has 0 saturated heterocycles. The minimum absolute atomic E-state index is 0.117. The van der Waals surface area contributed by atoms with Crippen molar-refractivity contribution in [2.45, 2.75) is 19.9 Å². The van der Waals surface area contributed by atoms with Gasteiger partial charge in [0, 0.05) is 6.07 Å². The Labute approximate surface area is 126 Å². The van der Waals surface area contributed by atoms with Gasteiger partial charge in [0.1, 0.15) is 11.3 Å². The molecular weight excluding hydrogens is 290 g/mol. The molecule has 5 heteroatoms. The van der Waals surface area contributed by atoms with Crippen molar-refractivity contribution in [3.05, 3.63) is 63.9 Å². The Morgan fingerprint density at radius 2 is 1.90 bits per heavy atom. The molecule has 1 aromatic heterocycles. The van der Waals surface area contributed by atoms with Gasteiger partial charge in [-0.1, -0.05) is 24.3 Å². The number of aromatic amines is 1. The SMILES string of the molecule is Cc1ccccc1C(C)n1c(=S)[nH]c2c(F)cc(F)cc21. The largest absolute Gasteiger partial charge is 0.328 e. The van der Waals surface area contributed by atoms with Crippen molar-refractivity contribution < 1.29 is 8.78 Å². The molecule has 1 atom stereocenters.